The minimum absolute atomic E-state index is 0.396. The van der Waals surface area contributed by atoms with E-state index >= 15 is 0 Å². The molecule has 0 radical (unpaired) electrons. The maximum absolute atomic E-state index is 3.64. The topological polar surface area (TPSA) is 15.3 Å². The van der Waals surface area contributed by atoms with Crippen LogP contribution in [0.1, 0.15) is 52.1 Å². The first kappa shape index (κ1) is 15.8. The molecule has 0 aromatic heterocycles. The summed E-state index contributed by atoms with van der Waals surface area (Å²) in [6, 6.07) is 7.72. The molecule has 1 fully saturated rings. The van der Waals surface area contributed by atoms with Gasteiger partial charge in [-0.15, -0.1) is 0 Å². The van der Waals surface area contributed by atoms with E-state index in [-0.39, 0.29) is 0 Å². The van der Waals surface area contributed by atoms with E-state index in [1.807, 2.05) is 0 Å². The fraction of sp³-hybridized carbons (Fsp3) is 0.647. The van der Waals surface area contributed by atoms with Crippen molar-refractivity contribution in [2.24, 2.45) is 5.92 Å². The average Bonchev–Trinajstić information content (AvgIpc) is 2.42. The fourth-order valence-corrected chi connectivity index (χ4v) is 3.57. The van der Waals surface area contributed by atoms with Crippen LogP contribution in [0.3, 0.4) is 0 Å². The molecule has 3 unspecified atom stereocenters. The highest BCUT2D eigenvalue weighted by atomic mass is 79.9. The van der Waals surface area contributed by atoms with E-state index in [4.69, 9.17) is 0 Å². The molecule has 1 aliphatic heterocycles. The second-order valence-electron chi connectivity index (χ2n) is 6.04. The molecule has 3 heteroatoms. The molecule has 2 nitrogen and oxygen atoms in total. The van der Waals surface area contributed by atoms with E-state index in [0.717, 1.165) is 12.5 Å². The largest absolute Gasteiger partial charge is 0.368 e. The summed E-state index contributed by atoms with van der Waals surface area (Å²) in [5.74, 6) is 0.769. The summed E-state index contributed by atoms with van der Waals surface area (Å²) >= 11 is 3.64. The number of hydrogen-bond donors (Lipinski definition) is 1. The summed E-state index contributed by atoms with van der Waals surface area (Å²) < 4.78 is 1.17. The molecule has 0 spiro atoms. The van der Waals surface area contributed by atoms with Crippen LogP contribution in [0.4, 0.5) is 5.69 Å². The molecule has 1 aliphatic rings. The summed E-state index contributed by atoms with van der Waals surface area (Å²) in [6.45, 7) is 11.3. The van der Waals surface area contributed by atoms with Crippen molar-refractivity contribution >= 4 is 21.6 Å². The molecular weight excluding hydrogens is 312 g/mol. The first-order chi connectivity index (χ1) is 9.54. The average molecular weight is 339 g/mol. The van der Waals surface area contributed by atoms with E-state index in [1.54, 1.807) is 0 Å². The van der Waals surface area contributed by atoms with E-state index in [9.17, 15) is 0 Å². The van der Waals surface area contributed by atoms with Crippen LogP contribution in [0, 0.1) is 5.92 Å². The van der Waals surface area contributed by atoms with Gasteiger partial charge in [-0.2, -0.15) is 0 Å². The third kappa shape index (κ3) is 3.37. The van der Waals surface area contributed by atoms with Gasteiger partial charge < -0.3 is 10.2 Å². The Hall–Kier alpha value is -0.540. The summed E-state index contributed by atoms with van der Waals surface area (Å²) in [6.07, 6.45) is 2.65. The Balaban J connectivity index is 2.35. The summed E-state index contributed by atoms with van der Waals surface area (Å²) in [5, 5.41) is 3.54. The van der Waals surface area contributed by atoms with Crippen molar-refractivity contribution in [3.63, 3.8) is 0 Å². The third-order valence-electron chi connectivity index (χ3n) is 4.65. The van der Waals surface area contributed by atoms with Gasteiger partial charge in [-0.05, 0) is 56.8 Å². The van der Waals surface area contributed by atoms with Gasteiger partial charge in [0, 0.05) is 28.8 Å². The van der Waals surface area contributed by atoms with Crippen molar-refractivity contribution in [2.45, 2.75) is 52.6 Å². The number of rotatable bonds is 4. The van der Waals surface area contributed by atoms with Crippen molar-refractivity contribution in [2.75, 3.05) is 18.0 Å². The first-order valence-corrected chi connectivity index (χ1v) is 8.63. The van der Waals surface area contributed by atoms with Crippen LogP contribution in [0.2, 0.25) is 0 Å². The van der Waals surface area contributed by atoms with Crippen LogP contribution < -0.4 is 10.2 Å². The molecule has 20 heavy (non-hydrogen) atoms. The van der Waals surface area contributed by atoms with Crippen molar-refractivity contribution < 1.29 is 0 Å². The molecule has 1 N–H and O–H groups in total. The van der Waals surface area contributed by atoms with Crippen LogP contribution in [0.25, 0.3) is 0 Å². The van der Waals surface area contributed by atoms with Gasteiger partial charge in [-0.25, -0.2) is 0 Å². The predicted octanol–water partition coefficient (Wildman–Crippen LogP) is 4.74. The van der Waals surface area contributed by atoms with E-state index in [0.29, 0.717) is 12.1 Å². The molecule has 0 aliphatic carbocycles. The zero-order chi connectivity index (χ0) is 14.7. The molecule has 1 heterocycles. The lowest BCUT2D eigenvalue weighted by Gasteiger charge is -2.41. The number of benzene rings is 1. The third-order valence-corrected chi connectivity index (χ3v) is 5.15. The molecule has 0 saturated carbocycles. The van der Waals surface area contributed by atoms with Gasteiger partial charge in [0.05, 0.1) is 0 Å². The number of nitrogens with one attached hydrogen (secondary N) is 1. The lowest BCUT2D eigenvalue weighted by Crippen LogP contribution is -2.43. The summed E-state index contributed by atoms with van der Waals surface area (Å²) in [5.41, 5.74) is 2.81. The molecule has 112 valence electrons. The molecule has 2 rings (SSSR count). The van der Waals surface area contributed by atoms with Gasteiger partial charge in [0.2, 0.25) is 0 Å². The second-order valence-corrected chi connectivity index (χ2v) is 6.95. The molecule has 0 amide bonds. The van der Waals surface area contributed by atoms with Crippen molar-refractivity contribution in [3.05, 3.63) is 28.2 Å². The van der Waals surface area contributed by atoms with Gasteiger partial charge in [-0.3, -0.25) is 0 Å². The highest BCUT2D eigenvalue weighted by molar-refractivity contribution is 9.10. The number of nitrogens with zero attached hydrogens (tertiary/aromatic N) is 1. The standard InChI is InChI=1S/C17H27BrN2/c1-5-19-13(3)16-9-8-15(18)11-17(16)20-10-6-7-12(2)14(20)4/h8-9,11-14,19H,5-7,10H2,1-4H3. The summed E-state index contributed by atoms with van der Waals surface area (Å²) in [7, 11) is 0. The molecule has 1 aromatic carbocycles. The SMILES string of the molecule is CCNC(C)c1ccc(Br)cc1N1CCCC(C)C1C. The van der Waals surface area contributed by atoms with E-state index < -0.39 is 0 Å². The van der Waals surface area contributed by atoms with Crippen LogP contribution in [-0.2, 0) is 0 Å². The van der Waals surface area contributed by atoms with Crippen LogP contribution >= 0.6 is 15.9 Å². The van der Waals surface area contributed by atoms with Gasteiger partial charge >= 0.3 is 0 Å². The zero-order valence-electron chi connectivity index (χ0n) is 13.1. The normalized spacial score (nSPS) is 24.8. The Morgan fingerprint density at radius 3 is 2.85 bits per heavy atom. The highest BCUT2D eigenvalue weighted by Crippen LogP contribution is 2.35. The van der Waals surface area contributed by atoms with Crippen LogP contribution in [-0.4, -0.2) is 19.1 Å². The predicted molar refractivity (Wildman–Crippen MR) is 91.4 cm³/mol. The van der Waals surface area contributed by atoms with Crippen LogP contribution in [0.5, 0.6) is 0 Å². The minimum Gasteiger partial charge on any atom is -0.368 e. The Bertz CT molecular complexity index is 447. The first-order valence-electron chi connectivity index (χ1n) is 7.84. The van der Waals surface area contributed by atoms with Gasteiger partial charge in [-0.1, -0.05) is 35.8 Å². The Kier molecular flexibility index (Phi) is 5.50. The van der Waals surface area contributed by atoms with Gasteiger partial charge in [0.1, 0.15) is 0 Å². The highest BCUT2D eigenvalue weighted by Gasteiger charge is 2.27. The molecular formula is C17H27BrN2. The molecule has 1 aromatic rings. The number of piperidine rings is 1. The van der Waals surface area contributed by atoms with Crippen molar-refractivity contribution in [3.8, 4) is 0 Å². The zero-order valence-corrected chi connectivity index (χ0v) is 14.7. The van der Waals surface area contributed by atoms with Gasteiger partial charge in [0.15, 0.2) is 0 Å². The van der Waals surface area contributed by atoms with E-state index in [1.165, 1.54) is 35.1 Å². The maximum Gasteiger partial charge on any atom is 0.0428 e. The maximum atomic E-state index is 3.64. The van der Waals surface area contributed by atoms with Crippen molar-refractivity contribution in [1.29, 1.82) is 0 Å². The van der Waals surface area contributed by atoms with Crippen molar-refractivity contribution in [1.82, 2.24) is 5.32 Å². The molecule has 3 atom stereocenters. The second kappa shape index (κ2) is 6.95. The molecule has 1 saturated heterocycles. The lowest BCUT2D eigenvalue weighted by molar-refractivity contribution is 0.362. The minimum atomic E-state index is 0.396. The Morgan fingerprint density at radius 1 is 1.40 bits per heavy atom. The van der Waals surface area contributed by atoms with E-state index in [2.05, 4.69) is 72.0 Å². The Morgan fingerprint density at radius 2 is 2.15 bits per heavy atom. The fourth-order valence-electron chi connectivity index (χ4n) is 3.22. The quantitative estimate of drug-likeness (QED) is 0.852. The number of anilines is 1. The summed E-state index contributed by atoms with van der Waals surface area (Å²) in [4.78, 5) is 2.60. The number of halogens is 1. The van der Waals surface area contributed by atoms with Crippen LogP contribution in [0.15, 0.2) is 22.7 Å². The Labute approximate surface area is 132 Å². The van der Waals surface area contributed by atoms with Gasteiger partial charge in [0.25, 0.3) is 0 Å². The monoisotopic (exact) mass is 338 g/mol. The molecule has 0 bridgehead atoms. The smallest absolute Gasteiger partial charge is 0.0428 e. The lowest BCUT2D eigenvalue weighted by atomic mass is 9.90. The number of hydrogen-bond acceptors (Lipinski definition) is 2.